The lowest BCUT2D eigenvalue weighted by atomic mass is 9.92. The molecule has 0 aliphatic rings. The van der Waals surface area contributed by atoms with Crippen LogP contribution >= 0.6 is 31.9 Å². The fourth-order valence-corrected chi connectivity index (χ4v) is 4.59. The van der Waals surface area contributed by atoms with E-state index < -0.39 is 11.9 Å². The highest BCUT2D eigenvalue weighted by Gasteiger charge is 2.21. The smallest absolute Gasteiger partial charge is 0.308 e. The van der Waals surface area contributed by atoms with E-state index in [4.69, 9.17) is 9.47 Å². The van der Waals surface area contributed by atoms with Gasteiger partial charge in [-0.2, -0.15) is 0 Å². The van der Waals surface area contributed by atoms with Crippen molar-refractivity contribution in [3.8, 4) is 22.6 Å². The second kappa shape index (κ2) is 8.20. The van der Waals surface area contributed by atoms with Gasteiger partial charge < -0.3 is 9.47 Å². The lowest BCUT2D eigenvalue weighted by Gasteiger charge is -2.18. The van der Waals surface area contributed by atoms with Crippen molar-refractivity contribution in [2.75, 3.05) is 0 Å². The molecule has 0 unspecified atom stereocenters. The van der Waals surface area contributed by atoms with Crippen LogP contribution in [0.2, 0.25) is 0 Å². The lowest BCUT2D eigenvalue weighted by molar-refractivity contribution is -0.132. The highest BCUT2D eigenvalue weighted by atomic mass is 79.9. The summed E-state index contributed by atoms with van der Waals surface area (Å²) in [6.07, 6.45) is 0. The van der Waals surface area contributed by atoms with Gasteiger partial charge in [0.2, 0.25) is 0 Å². The highest BCUT2D eigenvalue weighted by molar-refractivity contribution is 9.11. The summed E-state index contributed by atoms with van der Waals surface area (Å²) < 4.78 is 13.0. The van der Waals surface area contributed by atoms with Gasteiger partial charge in [0.05, 0.1) is 0 Å². The Hall–Kier alpha value is -2.70. The first-order valence-corrected chi connectivity index (χ1v) is 10.7. The van der Waals surface area contributed by atoms with Crippen LogP contribution in [-0.4, -0.2) is 11.9 Å². The Labute approximate surface area is 190 Å². The van der Waals surface area contributed by atoms with Gasteiger partial charge in [-0.1, -0.05) is 56.1 Å². The van der Waals surface area contributed by atoms with E-state index >= 15 is 0 Å². The van der Waals surface area contributed by atoms with Crippen molar-refractivity contribution in [3.05, 3.63) is 69.6 Å². The summed E-state index contributed by atoms with van der Waals surface area (Å²) in [6, 6.07) is 19.0. The minimum absolute atomic E-state index is 0.397. The zero-order valence-corrected chi connectivity index (χ0v) is 19.3. The normalized spacial score (nSPS) is 10.9. The minimum atomic E-state index is -0.430. The summed E-state index contributed by atoms with van der Waals surface area (Å²) in [6.45, 7) is 2.73. The third kappa shape index (κ3) is 3.73. The van der Waals surface area contributed by atoms with E-state index in [1.54, 1.807) is 12.1 Å². The molecule has 0 bridgehead atoms. The first-order valence-electron chi connectivity index (χ1n) is 9.16. The number of hydrogen-bond acceptors (Lipinski definition) is 4. The molecule has 4 rings (SSSR count). The monoisotopic (exact) mass is 526 g/mol. The summed E-state index contributed by atoms with van der Waals surface area (Å²) in [5.74, 6) is -0.0648. The predicted octanol–water partition coefficient (Wildman–Crippen LogP) is 7.04. The van der Waals surface area contributed by atoms with Gasteiger partial charge in [-0.15, -0.1) is 0 Å². The SMILES string of the molecule is CC(=O)Oc1ccc2c(Br)cccc2c1-c1c(OC(C)=O)ccc2c(Br)cccc12. The lowest BCUT2D eigenvalue weighted by Crippen LogP contribution is -2.06. The molecule has 0 atom stereocenters. The van der Waals surface area contributed by atoms with Gasteiger partial charge >= 0.3 is 11.9 Å². The number of rotatable bonds is 3. The summed E-state index contributed by atoms with van der Waals surface area (Å²) in [5, 5.41) is 3.63. The molecule has 0 spiro atoms. The molecule has 4 nitrogen and oxygen atoms in total. The maximum Gasteiger partial charge on any atom is 0.308 e. The van der Waals surface area contributed by atoms with Crippen LogP contribution in [-0.2, 0) is 9.59 Å². The molecule has 0 fully saturated rings. The first-order chi connectivity index (χ1) is 14.4. The molecule has 0 aliphatic heterocycles. The largest absolute Gasteiger partial charge is 0.426 e. The van der Waals surface area contributed by atoms with Crippen LogP contribution in [0.25, 0.3) is 32.7 Å². The minimum Gasteiger partial charge on any atom is -0.426 e. The number of fused-ring (bicyclic) bond motifs is 2. The number of benzene rings is 4. The predicted molar refractivity (Wildman–Crippen MR) is 125 cm³/mol. The van der Waals surface area contributed by atoms with Crippen molar-refractivity contribution in [2.24, 2.45) is 0 Å². The number of hydrogen-bond donors (Lipinski definition) is 0. The van der Waals surface area contributed by atoms with Crippen LogP contribution < -0.4 is 9.47 Å². The summed E-state index contributed by atoms with van der Waals surface area (Å²) in [4.78, 5) is 23.7. The van der Waals surface area contributed by atoms with Crippen LogP contribution in [0.4, 0.5) is 0 Å². The molecule has 0 heterocycles. The molecular weight excluding hydrogens is 512 g/mol. The molecule has 0 N–H and O–H groups in total. The number of halogens is 2. The average Bonchev–Trinajstić information content (AvgIpc) is 2.68. The third-order valence-corrected chi connectivity index (χ3v) is 6.08. The Morgan fingerprint density at radius 2 is 1.00 bits per heavy atom. The van der Waals surface area contributed by atoms with Crippen LogP contribution in [0.5, 0.6) is 11.5 Å². The topological polar surface area (TPSA) is 52.6 Å². The van der Waals surface area contributed by atoms with Crippen LogP contribution in [0.3, 0.4) is 0 Å². The maximum atomic E-state index is 11.9. The molecule has 0 saturated carbocycles. The van der Waals surface area contributed by atoms with Crippen molar-refractivity contribution < 1.29 is 19.1 Å². The Bertz CT molecular complexity index is 1220. The molecule has 0 aliphatic carbocycles. The van der Waals surface area contributed by atoms with Gasteiger partial charge in [-0.25, -0.2) is 0 Å². The van der Waals surface area contributed by atoms with E-state index in [2.05, 4.69) is 31.9 Å². The average molecular weight is 528 g/mol. The fraction of sp³-hybridized carbons (Fsp3) is 0.0833. The van der Waals surface area contributed by atoms with E-state index in [1.165, 1.54) is 13.8 Å². The summed E-state index contributed by atoms with van der Waals surface area (Å²) in [5.41, 5.74) is 1.37. The van der Waals surface area contributed by atoms with E-state index in [1.807, 2.05) is 48.5 Å². The van der Waals surface area contributed by atoms with Gasteiger partial charge in [0.25, 0.3) is 0 Å². The molecule has 0 saturated heterocycles. The van der Waals surface area contributed by atoms with E-state index in [0.29, 0.717) is 22.6 Å². The van der Waals surface area contributed by atoms with Crippen LogP contribution in [0.15, 0.2) is 69.6 Å². The van der Waals surface area contributed by atoms with Gasteiger partial charge in [0, 0.05) is 33.9 Å². The Balaban J connectivity index is 2.21. The standard InChI is InChI=1S/C24H16Br2O4/c1-13(27)29-21-11-9-15-17(5-3-7-19(15)25)23(21)24-18-6-4-8-20(26)16(18)10-12-22(24)30-14(2)28/h3-12H,1-2H3. The maximum absolute atomic E-state index is 11.9. The molecule has 4 aromatic carbocycles. The summed E-state index contributed by atoms with van der Waals surface area (Å²) >= 11 is 7.20. The molecule has 150 valence electrons. The molecular formula is C24H16Br2O4. The van der Waals surface area contributed by atoms with Crippen LogP contribution in [0, 0.1) is 0 Å². The van der Waals surface area contributed by atoms with Crippen molar-refractivity contribution in [1.29, 1.82) is 0 Å². The summed E-state index contributed by atoms with van der Waals surface area (Å²) in [7, 11) is 0. The number of carbonyl (C=O) groups excluding carboxylic acids is 2. The number of ether oxygens (including phenoxy) is 2. The van der Waals surface area contributed by atoms with Crippen LogP contribution in [0.1, 0.15) is 13.8 Å². The number of carbonyl (C=O) groups is 2. The van der Waals surface area contributed by atoms with Gasteiger partial charge in [-0.3, -0.25) is 9.59 Å². The zero-order valence-electron chi connectivity index (χ0n) is 16.2. The van der Waals surface area contributed by atoms with Crippen molar-refractivity contribution in [1.82, 2.24) is 0 Å². The molecule has 30 heavy (non-hydrogen) atoms. The quantitative estimate of drug-likeness (QED) is 0.212. The Morgan fingerprint density at radius 3 is 1.37 bits per heavy atom. The Morgan fingerprint density at radius 1 is 0.600 bits per heavy atom. The second-order valence-electron chi connectivity index (χ2n) is 6.73. The van der Waals surface area contributed by atoms with Crippen molar-refractivity contribution in [2.45, 2.75) is 13.8 Å². The van der Waals surface area contributed by atoms with E-state index in [0.717, 1.165) is 30.5 Å². The van der Waals surface area contributed by atoms with Crippen molar-refractivity contribution >= 4 is 65.3 Å². The molecule has 0 aromatic heterocycles. The molecule has 0 amide bonds. The number of esters is 2. The first kappa shape index (κ1) is 20.6. The van der Waals surface area contributed by atoms with Crippen molar-refractivity contribution in [3.63, 3.8) is 0 Å². The van der Waals surface area contributed by atoms with Gasteiger partial charge in [0.15, 0.2) is 0 Å². The van der Waals surface area contributed by atoms with Gasteiger partial charge in [-0.05, 0) is 57.9 Å². The van der Waals surface area contributed by atoms with Gasteiger partial charge in [0.1, 0.15) is 11.5 Å². The highest BCUT2D eigenvalue weighted by Crippen LogP contribution is 2.47. The fourth-order valence-electron chi connectivity index (χ4n) is 3.59. The Kier molecular flexibility index (Phi) is 5.62. The molecule has 4 aromatic rings. The molecule has 0 radical (unpaired) electrons. The third-order valence-electron chi connectivity index (χ3n) is 4.70. The van der Waals surface area contributed by atoms with E-state index in [9.17, 15) is 9.59 Å². The zero-order chi connectivity index (χ0) is 21.4. The molecule has 6 heteroatoms. The second-order valence-corrected chi connectivity index (χ2v) is 8.44. The van der Waals surface area contributed by atoms with E-state index in [-0.39, 0.29) is 0 Å².